The molecule has 4 rings (SSSR count). The molecule has 2 heterocycles. The smallest absolute Gasteiger partial charge is 0.317 e. The quantitative estimate of drug-likeness (QED) is 0.647. The van der Waals surface area contributed by atoms with E-state index in [-0.39, 0.29) is 6.03 Å². The maximum absolute atomic E-state index is 12.5. The number of aryl methyl sites for hydroxylation is 1. The summed E-state index contributed by atoms with van der Waals surface area (Å²) in [5.41, 5.74) is 3.81. The molecule has 5 nitrogen and oxygen atoms in total. The van der Waals surface area contributed by atoms with E-state index < -0.39 is 0 Å². The van der Waals surface area contributed by atoms with Gasteiger partial charge in [0.2, 0.25) is 0 Å². The molecule has 1 aromatic heterocycles. The van der Waals surface area contributed by atoms with E-state index in [1.165, 1.54) is 22.9 Å². The predicted molar refractivity (Wildman–Crippen MR) is 118 cm³/mol. The lowest BCUT2D eigenvalue weighted by atomic mass is 10.1. The minimum absolute atomic E-state index is 0.0637. The number of para-hydroxylation sites is 1. The molecule has 2 aromatic carbocycles. The molecular weight excluding hydrogens is 360 g/mol. The Hall–Kier alpha value is -2.79. The van der Waals surface area contributed by atoms with E-state index in [1.807, 2.05) is 17.2 Å². The number of benzene rings is 2. The second kappa shape index (κ2) is 9.61. The number of piperazine rings is 1. The van der Waals surface area contributed by atoms with Crippen LogP contribution in [0.1, 0.15) is 17.5 Å². The van der Waals surface area contributed by atoms with Crippen LogP contribution in [-0.4, -0.2) is 60.1 Å². The average Bonchev–Trinajstić information content (AvgIpc) is 3.18. The van der Waals surface area contributed by atoms with Gasteiger partial charge < -0.3 is 15.2 Å². The Morgan fingerprint density at radius 3 is 2.52 bits per heavy atom. The summed E-state index contributed by atoms with van der Waals surface area (Å²) >= 11 is 0. The first-order valence-corrected chi connectivity index (χ1v) is 10.6. The van der Waals surface area contributed by atoms with E-state index in [4.69, 9.17) is 0 Å². The third-order valence-electron chi connectivity index (χ3n) is 5.79. The van der Waals surface area contributed by atoms with E-state index in [0.717, 1.165) is 51.1 Å². The molecule has 5 heteroatoms. The second-order valence-corrected chi connectivity index (χ2v) is 7.76. The number of carbonyl (C=O) groups excluding carboxylic acids is 1. The minimum atomic E-state index is 0.0637. The third-order valence-corrected chi connectivity index (χ3v) is 5.79. The first-order chi connectivity index (χ1) is 14.3. The molecule has 0 bridgehead atoms. The van der Waals surface area contributed by atoms with Crippen LogP contribution in [0.5, 0.6) is 0 Å². The maximum Gasteiger partial charge on any atom is 0.317 e. The number of H-pyrrole nitrogens is 1. The number of hydrogen-bond donors (Lipinski definition) is 2. The highest BCUT2D eigenvalue weighted by atomic mass is 16.2. The first kappa shape index (κ1) is 19.5. The lowest BCUT2D eigenvalue weighted by Gasteiger charge is -2.34. The maximum atomic E-state index is 12.5. The number of nitrogens with one attached hydrogen (secondary N) is 2. The number of rotatable bonds is 7. The van der Waals surface area contributed by atoms with Gasteiger partial charge in [-0.15, -0.1) is 0 Å². The largest absolute Gasteiger partial charge is 0.361 e. The van der Waals surface area contributed by atoms with Gasteiger partial charge in [0, 0.05) is 49.8 Å². The highest BCUT2D eigenvalue weighted by molar-refractivity contribution is 5.83. The Labute approximate surface area is 172 Å². The van der Waals surface area contributed by atoms with Crippen LogP contribution in [0.2, 0.25) is 0 Å². The Morgan fingerprint density at radius 1 is 0.931 bits per heavy atom. The van der Waals surface area contributed by atoms with Gasteiger partial charge in [0.05, 0.1) is 0 Å². The fraction of sp³-hybridized carbons (Fsp3) is 0.375. The van der Waals surface area contributed by atoms with Crippen molar-refractivity contribution in [2.45, 2.75) is 19.3 Å². The van der Waals surface area contributed by atoms with E-state index in [1.54, 1.807) is 0 Å². The fourth-order valence-corrected chi connectivity index (χ4v) is 4.08. The van der Waals surface area contributed by atoms with E-state index in [0.29, 0.717) is 6.54 Å². The standard InChI is InChI=1S/C24H30N4O/c29-24(25-13-12-21-19-26-23-11-5-4-10-22(21)23)28-17-15-27(16-18-28)14-6-9-20-7-2-1-3-8-20/h1-5,7-8,10-11,19,26H,6,9,12-18H2,(H,25,29). The van der Waals surface area contributed by atoms with Gasteiger partial charge in [0.25, 0.3) is 0 Å². The van der Waals surface area contributed by atoms with Gasteiger partial charge in [0.15, 0.2) is 0 Å². The van der Waals surface area contributed by atoms with Crippen LogP contribution in [0.4, 0.5) is 4.79 Å². The van der Waals surface area contributed by atoms with Crippen LogP contribution in [0.15, 0.2) is 60.8 Å². The topological polar surface area (TPSA) is 51.4 Å². The van der Waals surface area contributed by atoms with Crippen LogP contribution in [0, 0.1) is 0 Å². The third kappa shape index (κ3) is 5.18. The number of carbonyl (C=O) groups is 1. The normalized spacial score (nSPS) is 15.0. The Bertz CT molecular complexity index is 913. The van der Waals surface area contributed by atoms with E-state index in [2.05, 4.69) is 63.7 Å². The number of aromatic amines is 1. The number of nitrogens with zero attached hydrogens (tertiary/aromatic N) is 2. The van der Waals surface area contributed by atoms with Gasteiger partial charge in [-0.2, -0.15) is 0 Å². The van der Waals surface area contributed by atoms with Crippen LogP contribution < -0.4 is 5.32 Å². The molecule has 0 unspecified atom stereocenters. The summed E-state index contributed by atoms with van der Waals surface area (Å²) in [6, 6.07) is 19.0. The molecule has 0 radical (unpaired) electrons. The van der Waals surface area contributed by atoms with Crippen LogP contribution in [0.25, 0.3) is 10.9 Å². The van der Waals surface area contributed by atoms with Crippen molar-refractivity contribution in [1.82, 2.24) is 20.1 Å². The molecule has 0 spiro atoms. The SMILES string of the molecule is O=C(NCCc1c[nH]c2ccccc12)N1CCN(CCCc2ccccc2)CC1. The monoisotopic (exact) mass is 390 g/mol. The van der Waals surface area contributed by atoms with Crippen LogP contribution in [0.3, 0.4) is 0 Å². The molecule has 0 atom stereocenters. The van der Waals surface area contributed by atoms with Crippen molar-refractivity contribution in [2.75, 3.05) is 39.3 Å². The van der Waals surface area contributed by atoms with Crippen molar-refractivity contribution < 1.29 is 4.79 Å². The molecule has 3 aromatic rings. The molecular formula is C24H30N4O. The zero-order valence-electron chi connectivity index (χ0n) is 16.9. The average molecular weight is 391 g/mol. The van der Waals surface area contributed by atoms with Gasteiger partial charge in [0.1, 0.15) is 0 Å². The predicted octanol–water partition coefficient (Wildman–Crippen LogP) is 3.67. The van der Waals surface area contributed by atoms with E-state index >= 15 is 0 Å². The van der Waals surface area contributed by atoms with Crippen molar-refractivity contribution in [3.8, 4) is 0 Å². The van der Waals surface area contributed by atoms with Crippen molar-refractivity contribution >= 4 is 16.9 Å². The van der Waals surface area contributed by atoms with Crippen molar-refractivity contribution in [3.05, 3.63) is 71.9 Å². The lowest BCUT2D eigenvalue weighted by molar-refractivity contribution is 0.138. The highest BCUT2D eigenvalue weighted by Gasteiger charge is 2.20. The zero-order valence-corrected chi connectivity index (χ0v) is 16.9. The molecule has 2 N–H and O–H groups in total. The lowest BCUT2D eigenvalue weighted by Crippen LogP contribution is -2.52. The summed E-state index contributed by atoms with van der Waals surface area (Å²) < 4.78 is 0. The minimum Gasteiger partial charge on any atom is -0.361 e. The van der Waals surface area contributed by atoms with E-state index in [9.17, 15) is 4.79 Å². The van der Waals surface area contributed by atoms with Crippen LogP contribution in [-0.2, 0) is 12.8 Å². The fourth-order valence-electron chi connectivity index (χ4n) is 4.08. The summed E-state index contributed by atoms with van der Waals surface area (Å²) in [6.45, 7) is 5.31. The number of hydrogen-bond acceptors (Lipinski definition) is 2. The Morgan fingerprint density at radius 2 is 1.69 bits per heavy atom. The number of fused-ring (bicyclic) bond motifs is 1. The molecule has 0 aliphatic carbocycles. The molecule has 29 heavy (non-hydrogen) atoms. The summed E-state index contributed by atoms with van der Waals surface area (Å²) in [5, 5.41) is 4.33. The van der Waals surface area contributed by atoms with Gasteiger partial charge in [-0.05, 0) is 43.0 Å². The molecule has 2 amide bonds. The molecule has 1 aliphatic rings. The van der Waals surface area contributed by atoms with Crippen molar-refractivity contribution in [1.29, 1.82) is 0 Å². The van der Waals surface area contributed by atoms with Crippen LogP contribution >= 0.6 is 0 Å². The summed E-state index contributed by atoms with van der Waals surface area (Å²) in [5.74, 6) is 0. The zero-order chi connectivity index (χ0) is 19.9. The Balaban J connectivity index is 1.14. The van der Waals surface area contributed by atoms with Gasteiger partial charge >= 0.3 is 6.03 Å². The number of aromatic nitrogens is 1. The summed E-state index contributed by atoms with van der Waals surface area (Å²) in [6.07, 6.45) is 5.18. The summed E-state index contributed by atoms with van der Waals surface area (Å²) in [4.78, 5) is 20.2. The first-order valence-electron chi connectivity index (χ1n) is 10.6. The van der Waals surface area contributed by atoms with Gasteiger partial charge in [-0.3, -0.25) is 4.90 Å². The molecule has 152 valence electrons. The Kier molecular flexibility index (Phi) is 6.47. The van der Waals surface area contributed by atoms with Crippen molar-refractivity contribution in [2.24, 2.45) is 0 Å². The van der Waals surface area contributed by atoms with Gasteiger partial charge in [-0.1, -0.05) is 48.5 Å². The molecule has 1 fully saturated rings. The number of urea groups is 1. The number of amides is 2. The molecule has 0 saturated carbocycles. The summed E-state index contributed by atoms with van der Waals surface area (Å²) in [7, 11) is 0. The highest BCUT2D eigenvalue weighted by Crippen LogP contribution is 2.17. The van der Waals surface area contributed by atoms with Crippen molar-refractivity contribution in [3.63, 3.8) is 0 Å². The molecule has 1 aliphatic heterocycles. The second-order valence-electron chi connectivity index (χ2n) is 7.76. The van der Waals surface area contributed by atoms with Gasteiger partial charge in [-0.25, -0.2) is 4.79 Å². The molecule has 1 saturated heterocycles.